The number of anilines is 1. The summed E-state index contributed by atoms with van der Waals surface area (Å²) in [4.78, 5) is 9.34. The lowest BCUT2D eigenvalue weighted by Crippen LogP contribution is -2.36. The minimum atomic E-state index is -4.51. The van der Waals surface area contributed by atoms with Crippen LogP contribution in [0.1, 0.15) is 28.7 Å². The Hall–Kier alpha value is -4.16. The van der Waals surface area contributed by atoms with E-state index in [4.69, 9.17) is 4.42 Å². The van der Waals surface area contributed by atoms with E-state index in [0.29, 0.717) is 30.0 Å². The molecule has 1 aliphatic heterocycles. The van der Waals surface area contributed by atoms with Gasteiger partial charge in [0.1, 0.15) is 11.7 Å². The van der Waals surface area contributed by atoms with Gasteiger partial charge in [-0.1, -0.05) is 5.10 Å². The second-order valence-electron chi connectivity index (χ2n) is 7.66. The van der Waals surface area contributed by atoms with Gasteiger partial charge >= 0.3 is 12.2 Å². The van der Waals surface area contributed by atoms with E-state index in [1.807, 2.05) is 4.90 Å². The maximum Gasteiger partial charge on any atom is 0.418 e. The lowest BCUT2D eigenvalue weighted by molar-refractivity contribution is -0.136. The number of rotatable bonds is 3. The van der Waals surface area contributed by atoms with Crippen LogP contribution in [0, 0.1) is 0 Å². The molecule has 5 aromatic rings. The molecule has 33 heavy (non-hydrogen) atoms. The van der Waals surface area contributed by atoms with Gasteiger partial charge in [0.25, 0.3) is 5.89 Å². The Labute approximate surface area is 183 Å². The molecule has 168 valence electrons. The minimum absolute atomic E-state index is 0.0382. The Morgan fingerprint density at radius 3 is 2.88 bits per heavy atom. The maximum absolute atomic E-state index is 13.6. The normalized spacial score (nSPS) is 16.5. The lowest BCUT2D eigenvalue weighted by atomic mass is 10.00. The third kappa shape index (κ3) is 3.07. The van der Waals surface area contributed by atoms with E-state index in [2.05, 4.69) is 30.4 Å². The summed E-state index contributed by atoms with van der Waals surface area (Å²) in [6.45, 7) is 0.479. The molecule has 0 saturated carbocycles. The second kappa shape index (κ2) is 6.92. The van der Waals surface area contributed by atoms with Crippen LogP contribution in [-0.2, 0) is 19.6 Å². The van der Waals surface area contributed by atoms with Crippen molar-refractivity contribution in [1.29, 1.82) is 0 Å². The Bertz CT molecular complexity index is 1460. The molecule has 1 aliphatic rings. The molecule has 0 saturated heterocycles. The van der Waals surface area contributed by atoms with Crippen LogP contribution in [0.25, 0.3) is 17.1 Å². The predicted octanol–water partition coefficient (Wildman–Crippen LogP) is 3.01. The number of alkyl halides is 3. The zero-order valence-corrected chi connectivity index (χ0v) is 17.2. The quantitative estimate of drug-likeness (QED) is 0.446. The molecule has 0 bridgehead atoms. The molecule has 6 heterocycles. The molecule has 13 heteroatoms. The molecule has 1 N–H and O–H groups in total. The standard InChI is InChI=1S/C20H16F3N9O/c1-30-14(4-6-26-30)18-27-28-19(33-18)31-8-5-12-16(25-10-24-12)17(31)13-9-15-11(20(21,22)23)3-2-7-32(15)29-13/h2-4,6-7,9-10,17H,5,8H2,1H3,(H,24,25)/t17-/m1/s1. The zero-order chi connectivity index (χ0) is 22.7. The fraction of sp³-hybridized carbons (Fsp3) is 0.250. The predicted molar refractivity (Wildman–Crippen MR) is 108 cm³/mol. The van der Waals surface area contributed by atoms with Crippen molar-refractivity contribution < 1.29 is 17.6 Å². The van der Waals surface area contributed by atoms with Crippen LogP contribution in [0.3, 0.4) is 0 Å². The molecular weight excluding hydrogens is 439 g/mol. The highest BCUT2D eigenvalue weighted by Gasteiger charge is 2.38. The number of H-pyrrole nitrogens is 1. The first-order chi connectivity index (χ1) is 15.9. The van der Waals surface area contributed by atoms with Crippen molar-refractivity contribution in [2.75, 3.05) is 11.4 Å². The monoisotopic (exact) mass is 455 g/mol. The largest absolute Gasteiger partial charge is 0.418 e. The van der Waals surface area contributed by atoms with Gasteiger partial charge in [-0.05, 0) is 24.3 Å². The molecule has 0 radical (unpaired) electrons. The third-order valence-electron chi connectivity index (χ3n) is 5.73. The van der Waals surface area contributed by atoms with Gasteiger partial charge in [0.2, 0.25) is 0 Å². The van der Waals surface area contributed by atoms with Crippen LogP contribution in [0.2, 0.25) is 0 Å². The number of hydrogen-bond acceptors (Lipinski definition) is 7. The van der Waals surface area contributed by atoms with Gasteiger partial charge in [0.05, 0.1) is 28.8 Å². The van der Waals surface area contributed by atoms with Gasteiger partial charge in [-0.2, -0.15) is 23.4 Å². The van der Waals surface area contributed by atoms with Gasteiger partial charge in [-0.25, -0.2) is 9.50 Å². The van der Waals surface area contributed by atoms with Crippen molar-refractivity contribution in [2.45, 2.75) is 18.6 Å². The van der Waals surface area contributed by atoms with Crippen molar-refractivity contribution in [2.24, 2.45) is 7.05 Å². The van der Waals surface area contributed by atoms with E-state index in [0.717, 1.165) is 11.8 Å². The van der Waals surface area contributed by atoms with Gasteiger partial charge in [0, 0.05) is 38.1 Å². The fourth-order valence-electron chi connectivity index (χ4n) is 4.21. The van der Waals surface area contributed by atoms with Crippen molar-refractivity contribution in [3.8, 4) is 11.6 Å². The Balaban J connectivity index is 1.47. The number of fused-ring (bicyclic) bond motifs is 2. The number of aryl methyl sites for hydroxylation is 1. The molecular formula is C20H16F3N9O. The van der Waals surface area contributed by atoms with Crippen LogP contribution < -0.4 is 4.90 Å². The highest BCUT2D eigenvalue weighted by Crippen LogP contribution is 2.39. The maximum atomic E-state index is 13.6. The molecule has 10 nitrogen and oxygen atoms in total. The van der Waals surface area contributed by atoms with E-state index in [9.17, 15) is 13.2 Å². The van der Waals surface area contributed by atoms with E-state index < -0.39 is 17.8 Å². The summed E-state index contributed by atoms with van der Waals surface area (Å²) in [5, 5.41) is 16.9. The highest BCUT2D eigenvalue weighted by atomic mass is 19.4. The number of nitrogens with zero attached hydrogens (tertiary/aromatic N) is 8. The smallest absolute Gasteiger partial charge is 0.402 e. The van der Waals surface area contributed by atoms with Gasteiger partial charge in [-0.3, -0.25) is 4.68 Å². The molecule has 0 fully saturated rings. The highest BCUT2D eigenvalue weighted by molar-refractivity contribution is 5.59. The lowest BCUT2D eigenvalue weighted by Gasteiger charge is -2.32. The number of hydrogen-bond donors (Lipinski definition) is 1. The summed E-state index contributed by atoms with van der Waals surface area (Å²) in [5.41, 5.74) is 1.77. The Morgan fingerprint density at radius 1 is 1.21 bits per heavy atom. The fourth-order valence-corrected chi connectivity index (χ4v) is 4.21. The first-order valence-corrected chi connectivity index (χ1v) is 10.1. The van der Waals surface area contributed by atoms with Crippen molar-refractivity contribution in [1.82, 2.24) is 39.6 Å². The second-order valence-corrected chi connectivity index (χ2v) is 7.66. The summed E-state index contributed by atoms with van der Waals surface area (Å²) in [6.07, 6.45) is 0.783. The Morgan fingerprint density at radius 2 is 2.09 bits per heavy atom. The number of imidazole rings is 1. The number of halogens is 3. The van der Waals surface area contributed by atoms with Crippen molar-refractivity contribution in [3.63, 3.8) is 0 Å². The van der Waals surface area contributed by atoms with Crippen LogP contribution in [-0.4, -0.2) is 46.1 Å². The average molecular weight is 455 g/mol. The topological polar surface area (TPSA) is 106 Å². The molecule has 1 atom stereocenters. The van der Waals surface area contributed by atoms with Crippen LogP contribution in [0.4, 0.5) is 19.2 Å². The molecule has 6 rings (SSSR count). The van der Waals surface area contributed by atoms with Crippen LogP contribution in [0.5, 0.6) is 0 Å². The van der Waals surface area contributed by atoms with Crippen molar-refractivity contribution in [3.05, 3.63) is 65.6 Å². The van der Waals surface area contributed by atoms with E-state index in [1.165, 1.54) is 22.8 Å². The summed E-state index contributed by atoms with van der Waals surface area (Å²) in [7, 11) is 1.76. The minimum Gasteiger partial charge on any atom is -0.402 e. The average Bonchev–Trinajstić information content (AvgIpc) is 3.56. The SMILES string of the molecule is Cn1nccc1-c1nnc(N2CCc3[nH]cnc3[C@H]2c2cc3c(C(F)(F)F)cccn3n2)o1. The van der Waals surface area contributed by atoms with Crippen LogP contribution in [0.15, 0.2) is 47.4 Å². The number of aromatic amines is 1. The summed E-state index contributed by atoms with van der Waals surface area (Å²) < 4.78 is 49.5. The first kappa shape index (κ1) is 19.5. The Kier molecular flexibility index (Phi) is 4.09. The molecule has 5 aromatic heterocycles. The molecule has 0 amide bonds. The molecule has 0 unspecified atom stereocenters. The summed E-state index contributed by atoms with van der Waals surface area (Å²) >= 11 is 0. The van der Waals surface area contributed by atoms with Gasteiger partial charge < -0.3 is 14.3 Å². The first-order valence-electron chi connectivity index (χ1n) is 10.1. The summed E-state index contributed by atoms with van der Waals surface area (Å²) in [6, 6.07) is 5.15. The number of nitrogens with one attached hydrogen (secondary N) is 1. The number of pyridine rings is 1. The van der Waals surface area contributed by atoms with Gasteiger partial charge in [-0.15, -0.1) is 5.10 Å². The molecule has 0 aromatic carbocycles. The van der Waals surface area contributed by atoms with Gasteiger partial charge in [0.15, 0.2) is 0 Å². The molecule has 0 aliphatic carbocycles. The third-order valence-corrected chi connectivity index (χ3v) is 5.73. The van der Waals surface area contributed by atoms with Crippen LogP contribution >= 0.6 is 0 Å². The molecule has 0 spiro atoms. The van der Waals surface area contributed by atoms with Crippen molar-refractivity contribution >= 4 is 11.5 Å². The van der Waals surface area contributed by atoms with E-state index >= 15 is 0 Å². The van der Waals surface area contributed by atoms with E-state index in [-0.39, 0.29) is 17.4 Å². The number of aromatic nitrogens is 8. The van der Waals surface area contributed by atoms with E-state index in [1.54, 1.807) is 30.3 Å². The zero-order valence-electron chi connectivity index (χ0n) is 17.2. The summed E-state index contributed by atoms with van der Waals surface area (Å²) in [5.74, 6) is 0.283.